The normalized spacial score (nSPS) is 11.0. The number of anilines is 1. The van der Waals surface area contributed by atoms with Crippen molar-refractivity contribution in [3.8, 4) is 11.1 Å². The Morgan fingerprint density at radius 1 is 0.968 bits per heavy atom. The number of para-hydroxylation sites is 2. The Labute approximate surface area is 179 Å². The summed E-state index contributed by atoms with van der Waals surface area (Å²) in [4.78, 5) is 22.5. The number of sulfonamides is 1. The fourth-order valence-corrected chi connectivity index (χ4v) is 4.71. The van der Waals surface area contributed by atoms with Crippen LogP contribution in [0.15, 0.2) is 83.8 Å². The average molecular weight is 440 g/mol. The van der Waals surface area contributed by atoms with Gasteiger partial charge in [0.15, 0.2) is 4.90 Å². The predicted molar refractivity (Wildman–Crippen MR) is 116 cm³/mol. The van der Waals surface area contributed by atoms with Crippen molar-refractivity contribution in [1.29, 1.82) is 0 Å². The van der Waals surface area contributed by atoms with E-state index in [9.17, 15) is 23.3 Å². The minimum atomic E-state index is -4.48. The van der Waals surface area contributed by atoms with Crippen molar-refractivity contribution in [3.63, 3.8) is 0 Å². The Balaban J connectivity index is 2.22. The highest BCUT2D eigenvalue weighted by atomic mass is 32.2. The number of carbonyl (C=O) groups is 1. The summed E-state index contributed by atoms with van der Waals surface area (Å²) in [6.07, 6.45) is 0. The third kappa shape index (κ3) is 4.72. The van der Waals surface area contributed by atoms with Crippen LogP contribution in [0.4, 0.5) is 11.4 Å². The molecule has 0 amide bonds. The van der Waals surface area contributed by atoms with Gasteiger partial charge in [-0.1, -0.05) is 60.7 Å². The van der Waals surface area contributed by atoms with E-state index in [1.165, 1.54) is 12.1 Å². The SMILES string of the molecule is CCOC(=O)CN(c1ccccc1-c1ccccc1)S(=O)(=O)c1ccccc1[N+](=O)[O-]. The monoisotopic (exact) mass is 440 g/mol. The number of ether oxygens (including phenoxy) is 1. The van der Waals surface area contributed by atoms with Gasteiger partial charge in [-0.25, -0.2) is 8.42 Å². The first-order valence-electron chi connectivity index (χ1n) is 9.42. The van der Waals surface area contributed by atoms with E-state index < -0.39 is 38.0 Å². The summed E-state index contributed by atoms with van der Waals surface area (Å²) in [6.45, 7) is 1.04. The van der Waals surface area contributed by atoms with Crippen LogP contribution < -0.4 is 4.31 Å². The van der Waals surface area contributed by atoms with Crippen molar-refractivity contribution < 1.29 is 22.9 Å². The molecule has 0 aliphatic carbocycles. The number of rotatable bonds is 8. The molecule has 0 aromatic heterocycles. The van der Waals surface area contributed by atoms with E-state index in [0.29, 0.717) is 5.56 Å². The Bertz CT molecular complexity index is 1200. The topological polar surface area (TPSA) is 107 Å². The number of hydrogen-bond donors (Lipinski definition) is 0. The highest BCUT2D eigenvalue weighted by molar-refractivity contribution is 7.93. The van der Waals surface area contributed by atoms with Crippen LogP contribution in [0.25, 0.3) is 11.1 Å². The molecule has 0 aliphatic heterocycles. The van der Waals surface area contributed by atoms with Gasteiger partial charge < -0.3 is 4.74 Å². The molecule has 0 fully saturated rings. The molecule has 0 saturated carbocycles. The molecule has 0 spiro atoms. The molecule has 3 aromatic carbocycles. The molecule has 31 heavy (non-hydrogen) atoms. The largest absolute Gasteiger partial charge is 0.465 e. The van der Waals surface area contributed by atoms with E-state index in [2.05, 4.69) is 0 Å². The molecular weight excluding hydrogens is 420 g/mol. The van der Waals surface area contributed by atoms with Gasteiger partial charge in [-0.05, 0) is 24.6 Å². The highest BCUT2D eigenvalue weighted by Crippen LogP contribution is 2.36. The Morgan fingerprint density at radius 2 is 1.58 bits per heavy atom. The Hall–Kier alpha value is -3.72. The van der Waals surface area contributed by atoms with Crippen molar-refractivity contribution in [1.82, 2.24) is 0 Å². The number of nitro benzene ring substituents is 1. The summed E-state index contributed by atoms with van der Waals surface area (Å²) in [5.41, 5.74) is 0.910. The summed E-state index contributed by atoms with van der Waals surface area (Å²) in [6, 6.07) is 20.7. The van der Waals surface area contributed by atoms with E-state index in [1.54, 1.807) is 55.5 Å². The van der Waals surface area contributed by atoms with Crippen molar-refractivity contribution >= 4 is 27.4 Å². The minimum absolute atomic E-state index is 0.0680. The van der Waals surface area contributed by atoms with Gasteiger partial charge in [0, 0.05) is 11.6 Å². The lowest BCUT2D eigenvalue weighted by Crippen LogP contribution is -2.37. The van der Waals surface area contributed by atoms with Crippen LogP contribution in [0, 0.1) is 10.1 Å². The smallest absolute Gasteiger partial charge is 0.326 e. The maximum atomic E-state index is 13.6. The Morgan fingerprint density at radius 3 is 2.26 bits per heavy atom. The van der Waals surface area contributed by atoms with Crippen molar-refractivity contribution in [2.45, 2.75) is 11.8 Å². The maximum absolute atomic E-state index is 13.6. The molecular formula is C22H20N2O6S. The second kappa shape index (κ2) is 9.40. The van der Waals surface area contributed by atoms with Gasteiger partial charge in [0.05, 0.1) is 17.2 Å². The van der Waals surface area contributed by atoms with Crippen LogP contribution >= 0.6 is 0 Å². The minimum Gasteiger partial charge on any atom is -0.465 e. The number of esters is 1. The standard InChI is InChI=1S/C22H20N2O6S/c1-2-30-22(25)16-23(31(28,29)21-15-9-8-14-20(21)24(26)27)19-13-7-6-12-18(19)17-10-4-3-5-11-17/h3-15H,2,16H2,1H3. The first-order chi connectivity index (χ1) is 14.9. The summed E-state index contributed by atoms with van der Waals surface area (Å²) < 4.78 is 33.0. The van der Waals surface area contributed by atoms with Crippen LogP contribution in [0.3, 0.4) is 0 Å². The molecule has 0 saturated heterocycles. The summed E-state index contributed by atoms with van der Waals surface area (Å²) in [7, 11) is -4.48. The molecule has 0 aliphatic rings. The summed E-state index contributed by atoms with van der Waals surface area (Å²) in [5, 5.41) is 11.5. The van der Waals surface area contributed by atoms with Gasteiger partial charge >= 0.3 is 5.97 Å². The van der Waals surface area contributed by atoms with E-state index >= 15 is 0 Å². The zero-order valence-electron chi connectivity index (χ0n) is 16.7. The lowest BCUT2D eigenvalue weighted by Gasteiger charge is -2.26. The fourth-order valence-electron chi connectivity index (χ4n) is 3.12. The molecule has 0 bridgehead atoms. The van der Waals surface area contributed by atoms with Gasteiger partial charge in [0.25, 0.3) is 15.7 Å². The average Bonchev–Trinajstić information content (AvgIpc) is 2.78. The lowest BCUT2D eigenvalue weighted by atomic mass is 10.0. The van der Waals surface area contributed by atoms with Crippen LogP contribution in [0.5, 0.6) is 0 Å². The second-order valence-electron chi connectivity index (χ2n) is 6.42. The van der Waals surface area contributed by atoms with E-state index in [-0.39, 0.29) is 12.3 Å². The number of nitrogens with zero attached hydrogens (tertiary/aromatic N) is 2. The molecule has 160 valence electrons. The van der Waals surface area contributed by atoms with E-state index in [4.69, 9.17) is 4.74 Å². The van der Waals surface area contributed by atoms with Crippen molar-refractivity contribution in [3.05, 3.63) is 89.0 Å². The van der Waals surface area contributed by atoms with Crippen LogP contribution in [-0.2, 0) is 19.6 Å². The molecule has 3 rings (SSSR count). The molecule has 0 radical (unpaired) electrons. The van der Waals surface area contributed by atoms with Crippen LogP contribution in [0.1, 0.15) is 6.92 Å². The van der Waals surface area contributed by atoms with Gasteiger partial charge in [-0.15, -0.1) is 0 Å². The Kier molecular flexibility index (Phi) is 6.66. The van der Waals surface area contributed by atoms with Crippen LogP contribution in [0.2, 0.25) is 0 Å². The first-order valence-corrected chi connectivity index (χ1v) is 10.9. The molecule has 3 aromatic rings. The fraction of sp³-hybridized carbons (Fsp3) is 0.136. The van der Waals surface area contributed by atoms with Crippen molar-refractivity contribution in [2.75, 3.05) is 17.5 Å². The van der Waals surface area contributed by atoms with E-state index in [0.717, 1.165) is 22.0 Å². The van der Waals surface area contributed by atoms with E-state index in [1.807, 2.05) is 6.07 Å². The molecule has 8 nitrogen and oxygen atoms in total. The maximum Gasteiger partial charge on any atom is 0.326 e. The predicted octanol–water partition coefficient (Wildman–Crippen LogP) is 4.02. The number of carbonyl (C=O) groups excluding carboxylic acids is 1. The molecule has 0 atom stereocenters. The number of benzene rings is 3. The van der Waals surface area contributed by atoms with Gasteiger partial charge in [0.2, 0.25) is 0 Å². The van der Waals surface area contributed by atoms with Gasteiger partial charge in [-0.2, -0.15) is 0 Å². The van der Waals surface area contributed by atoms with Crippen LogP contribution in [-0.4, -0.2) is 32.5 Å². The third-order valence-corrected chi connectivity index (χ3v) is 6.27. The molecule has 0 heterocycles. The zero-order chi connectivity index (χ0) is 22.4. The molecule has 0 unspecified atom stereocenters. The summed E-state index contributed by atoms with van der Waals surface area (Å²) in [5.74, 6) is -0.771. The first kappa shape index (κ1) is 22.0. The third-order valence-electron chi connectivity index (χ3n) is 4.47. The quantitative estimate of drug-likeness (QED) is 0.297. The lowest BCUT2D eigenvalue weighted by molar-refractivity contribution is -0.387. The second-order valence-corrected chi connectivity index (χ2v) is 8.26. The molecule has 9 heteroatoms. The van der Waals surface area contributed by atoms with Gasteiger partial charge in [-0.3, -0.25) is 19.2 Å². The number of nitro groups is 1. The van der Waals surface area contributed by atoms with Gasteiger partial charge in [0.1, 0.15) is 6.54 Å². The summed E-state index contributed by atoms with van der Waals surface area (Å²) >= 11 is 0. The molecule has 0 N–H and O–H groups in total. The van der Waals surface area contributed by atoms with Crippen molar-refractivity contribution in [2.24, 2.45) is 0 Å². The highest BCUT2D eigenvalue weighted by Gasteiger charge is 2.34. The number of hydrogen-bond acceptors (Lipinski definition) is 6. The zero-order valence-corrected chi connectivity index (χ0v) is 17.5.